The van der Waals surface area contributed by atoms with E-state index >= 15 is 0 Å². The van der Waals surface area contributed by atoms with Crippen LogP contribution in [0.2, 0.25) is 0 Å². The van der Waals surface area contributed by atoms with E-state index in [-0.39, 0.29) is 22.5 Å². The minimum absolute atomic E-state index is 0.0624. The van der Waals surface area contributed by atoms with Crippen molar-refractivity contribution in [3.8, 4) is 5.75 Å². The van der Waals surface area contributed by atoms with Crippen LogP contribution in [0.3, 0.4) is 0 Å². The number of benzene rings is 2. The lowest BCUT2D eigenvalue weighted by molar-refractivity contribution is 0.392. The molecular formula is C33H40O6S2. The minimum Gasteiger partial charge on any atom is -0.379 e. The van der Waals surface area contributed by atoms with Crippen molar-refractivity contribution in [2.45, 2.75) is 105 Å². The Bertz CT molecular complexity index is 1530. The predicted molar refractivity (Wildman–Crippen MR) is 155 cm³/mol. The van der Waals surface area contributed by atoms with Gasteiger partial charge in [-0.15, -0.1) is 0 Å². The normalized spacial score (nSPS) is 37.3. The SMILES string of the molecule is O=S(=O)(O)c1ccc(OS(=O)(=O)c2c(C3CC4CCC3C4)cc(C3CC4CCC3C4)cc2C2CC3CC[C@H]2C3)cc1. The fraction of sp³-hybridized carbons (Fsp3) is 0.636. The summed E-state index contributed by atoms with van der Waals surface area (Å²) < 4.78 is 67.1. The van der Waals surface area contributed by atoms with Crippen molar-refractivity contribution >= 4 is 20.2 Å². The van der Waals surface area contributed by atoms with Crippen molar-refractivity contribution in [3.05, 3.63) is 53.1 Å². The summed E-state index contributed by atoms with van der Waals surface area (Å²) in [5.41, 5.74) is 3.39. The Balaban J connectivity index is 1.26. The highest BCUT2D eigenvalue weighted by atomic mass is 32.2. The monoisotopic (exact) mass is 596 g/mol. The molecule has 6 aliphatic rings. The summed E-state index contributed by atoms with van der Waals surface area (Å²) in [6.45, 7) is 0. The van der Waals surface area contributed by atoms with E-state index in [9.17, 15) is 21.4 Å². The first-order chi connectivity index (χ1) is 19.6. The van der Waals surface area contributed by atoms with Crippen molar-refractivity contribution in [2.24, 2.45) is 35.5 Å². The third-order valence-electron chi connectivity index (χ3n) is 12.2. The molecule has 6 aliphatic carbocycles. The zero-order valence-electron chi connectivity index (χ0n) is 23.5. The Morgan fingerprint density at radius 3 is 1.46 bits per heavy atom. The molecule has 2 aromatic rings. The van der Waals surface area contributed by atoms with Crippen LogP contribution < -0.4 is 4.18 Å². The Labute approximate surface area is 244 Å². The van der Waals surface area contributed by atoms with Gasteiger partial charge in [0.25, 0.3) is 10.1 Å². The van der Waals surface area contributed by atoms with Crippen LogP contribution >= 0.6 is 0 Å². The molecule has 220 valence electrons. The van der Waals surface area contributed by atoms with E-state index in [1.54, 1.807) is 0 Å². The highest BCUT2D eigenvalue weighted by molar-refractivity contribution is 7.87. The number of rotatable bonds is 7. The third-order valence-corrected chi connectivity index (χ3v) is 14.4. The van der Waals surface area contributed by atoms with E-state index in [2.05, 4.69) is 12.1 Å². The molecule has 0 radical (unpaired) electrons. The van der Waals surface area contributed by atoms with Gasteiger partial charge in [0.1, 0.15) is 10.6 Å². The van der Waals surface area contributed by atoms with E-state index in [4.69, 9.17) is 4.18 Å². The highest BCUT2D eigenvalue weighted by Gasteiger charge is 2.48. The highest BCUT2D eigenvalue weighted by Crippen LogP contribution is 2.60. The number of hydrogen-bond acceptors (Lipinski definition) is 5. The molecule has 2 aromatic carbocycles. The van der Waals surface area contributed by atoms with Crippen molar-refractivity contribution in [3.63, 3.8) is 0 Å². The van der Waals surface area contributed by atoms with Crippen LogP contribution in [0.5, 0.6) is 5.75 Å². The summed E-state index contributed by atoms with van der Waals surface area (Å²) in [6.07, 6.45) is 14.6. The first kappa shape index (κ1) is 26.7. The van der Waals surface area contributed by atoms with Gasteiger partial charge in [-0.05, 0) is 152 Å². The van der Waals surface area contributed by atoms with Gasteiger partial charge in [-0.25, -0.2) is 0 Å². The van der Waals surface area contributed by atoms with Crippen LogP contribution in [-0.2, 0) is 20.2 Å². The van der Waals surface area contributed by atoms with E-state index < -0.39 is 20.2 Å². The molecule has 8 unspecified atom stereocenters. The van der Waals surface area contributed by atoms with Gasteiger partial charge in [-0.3, -0.25) is 4.55 Å². The third kappa shape index (κ3) is 4.58. The molecule has 8 heteroatoms. The van der Waals surface area contributed by atoms with Gasteiger partial charge in [0.05, 0.1) is 4.90 Å². The molecule has 0 aliphatic heterocycles. The molecule has 0 aromatic heterocycles. The summed E-state index contributed by atoms with van der Waals surface area (Å²) in [4.78, 5) is 0.126. The quantitative estimate of drug-likeness (QED) is 0.264. The Hall–Kier alpha value is -1.90. The van der Waals surface area contributed by atoms with Gasteiger partial charge in [0.2, 0.25) is 0 Å². The molecule has 9 atom stereocenters. The lowest BCUT2D eigenvalue weighted by atomic mass is 9.75. The van der Waals surface area contributed by atoms with Crippen molar-refractivity contribution < 1.29 is 25.6 Å². The fourth-order valence-electron chi connectivity index (χ4n) is 10.5. The van der Waals surface area contributed by atoms with Crippen LogP contribution in [0, 0.1) is 35.5 Å². The molecule has 6 fully saturated rings. The van der Waals surface area contributed by atoms with Gasteiger partial charge < -0.3 is 4.18 Å². The van der Waals surface area contributed by atoms with Crippen LogP contribution in [0.15, 0.2) is 46.2 Å². The van der Waals surface area contributed by atoms with Crippen molar-refractivity contribution in [1.29, 1.82) is 0 Å². The molecule has 0 saturated heterocycles. The van der Waals surface area contributed by atoms with Gasteiger partial charge in [0, 0.05) is 0 Å². The van der Waals surface area contributed by atoms with E-state index in [0.717, 1.165) is 35.8 Å². The van der Waals surface area contributed by atoms with E-state index in [1.165, 1.54) is 94.0 Å². The molecule has 6 nitrogen and oxygen atoms in total. The maximum Gasteiger partial charge on any atom is 0.339 e. The Kier molecular flexibility index (Phi) is 6.22. The maximum atomic E-state index is 14.4. The lowest BCUT2D eigenvalue weighted by Gasteiger charge is -2.32. The molecule has 1 N–H and O–H groups in total. The second-order valence-corrected chi connectivity index (χ2v) is 17.3. The molecule has 8 rings (SSSR count). The van der Waals surface area contributed by atoms with Crippen molar-refractivity contribution in [1.82, 2.24) is 0 Å². The largest absolute Gasteiger partial charge is 0.379 e. The second-order valence-electron chi connectivity index (χ2n) is 14.4. The standard InChI is InChI=1S/C33H40O6S2/c34-40(35,36)27-9-7-26(8-10-27)39-41(37,38)33-31(29-15-20-2-5-23(29)12-20)17-25(28-14-19-1-4-22(28)11-19)18-32(33)30-16-21-3-6-24(30)13-21/h7-10,17-24,28-30H,1-6,11-16H2,(H,34,35,36)/t19?,20?,21?,22?,23-,24?,28?,29?,30?/m0/s1. The first-order valence-electron chi connectivity index (χ1n) is 15.8. The number of fused-ring (bicyclic) bond motifs is 6. The summed E-state index contributed by atoms with van der Waals surface area (Å²) >= 11 is 0. The summed E-state index contributed by atoms with van der Waals surface area (Å²) in [5.74, 6) is 5.08. The predicted octanol–water partition coefficient (Wildman–Crippen LogP) is 7.41. The molecule has 0 heterocycles. The number of hydrogen-bond donors (Lipinski definition) is 1. The molecular weight excluding hydrogens is 556 g/mol. The average molecular weight is 597 g/mol. The topological polar surface area (TPSA) is 97.7 Å². The Morgan fingerprint density at radius 1 is 0.610 bits per heavy atom. The first-order valence-corrected chi connectivity index (χ1v) is 18.7. The smallest absolute Gasteiger partial charge is 0.339 e. The Morgan fingerprint density at radius 2 is 1.07 bits per heavy atom. The molecule has 6 saturated carbocycles. The van der Waals surface area contributed by atoms with Gasteiger partial charge in [0.15, 0.2) is 0 Å². The van der Waals surface area contributed by atoms with Crippen LogP contribution in [-0.4, -0.2) is 21.4 Å². The van der Waals surface area contributed by atoms with Gasteiger partial charge in [-0.1, -0.05) is 31.4 Å². The van der Waals surface area contributed by atoms with E-state index in [1.807, 2.05) is 0 Å². The van der Waals surface area contributed by atoms with Crippen molar-refractivity contribution in [2.75, 3.05) is 0 Å². The molecule has 6 bridgehead atoms. The average Bonchev–Trinajstić information content (AvgIpc) is 3.80. The van der Waals surface area contributed by atoms with E-state index in [0.29, 0.717) is 34.5 Å². The van der Waals surface area contributed by atoms with Crippen LogP contribution in [0.4, 0.5) is 0 Å². The maximum absolute atomic E-state index is 14.4. The van der Waals surface area contributed by atoms with Gasteiger partial charge in [-0.2, -0.15) is 16.8 Å². The minimum atomic E-state index is -4.38. The zero-order chi connectivity index (χ0) is 28.1. The van der Waals surface area contributed by atoms with Crippen LogP contribution in [0.25, 0.3) is 0 Å². The fourth-order valence-corrected chi connectivity index (χ4v) is 12.4. The molecule has 41 heavy (non-hydrogen) atoms. The summed E-state index contributed by atoms with van der Waals surface area (Å²) in [5, 5.41) is 0. The molecule has 0 spiro atoms. The second kappa shape index (κ2) is 9.55. The molecule has 0 amide bonds. The van der Waals surface area contributed by atoms with Crippen LogP contribution in [0.1, 0.15) is 111 Å². The lowest BCUT2D eigenvalue weighted by Crippen LogP contribution is -2.23. The summed E-state index contributed by atoms with van der Waals surface area (Å²) in [6, 6.07) is 9.60. The summed E-state index contributed by atoms with van der Waals surface area (Å²) in [7, 11) is -8.58. The van der Waals surface area contributed by atoms with Gasteiger partial charge >= 0.3 is 10.1 Å². The zero-order valence-corrected chi connectivity index (χ0v) is 25.1.